The summed E-state index contributed by atoms with van der Waals surface area (Å²) in [7, 11) is 0. The molecular formula is C25H26ClN5O. The van der Waals surface area contributed by atoms with Crippen LogP contribution in [0.2, 0.25) is 0 Å². The van der Waals surface area contributed by atoms with Gasteiger partial charge in [0.25, 0.3) is 0 Å². The number of nitrogens with one attached hydrogen (secondary N) is 2. The Morgan fingerprint density at radius 3 is 2.50 bits per heavy atom. The molecule has 2 aromatic heterocycles. The fraction of sp³-hybridized carbons (Fsp3) is 0.200. The number of imidazole rings is 1. The van der Waals surface area contributed by atoms with Gasteiger partial charge in [-0.1, -0.05) is 24.3 Å². The van der Waals surface area contributed by atoms with Gasteiger partial charge in [-0.05, 0) is 47.5 Å². The summed E-state index contributed by atoms with van der Waals surface area (Å²) < 4.78 is 2.07. The summed E-state index contributed by atoms with van der Waals surface area (Å²) in [5.41, 5.74) is 7.26. The highest BCUT2D eigenvalue weighted by molar-refractivity contribution is 5.89. The summed E-state index contributed by atoms with van der Waals surface area (Å²) in [6, 6.07) is 20.8. The van der Waals surface area contributed by atoms with Crippen LogP contribution in [-0.4, -0.2) is 41.5 Å². The lowest BCUT2D eigenvalue weighted by Gasteiger charge is -2.29. The molecule has 4 aromatic rings. The Kier molecular flexibility index (Phi) is 6.44. The molecule has 1 amide bonds. The zero-order valence-corrected chi connectivity index (χ0v) is 18.7. The van der Waals surface area contributed by atoms with E-state index in [0.717, 1.165) is 54.3 Å². The fourth-order valence-electron chi connectivity index (χ4n) is 4.12. The van der Waals surface area contributed by atoms with Gasteiger partial charge in [0.1, 0.15) is 5.65 Å². The predicted octanol–water partition coefficient (Wildman–Crippen LogP) is 4.46. The average molecular weight is 448 g/mol. The minimum absolute atomic E-state index is 0. The van der Waals surface area contributed by atoms with Crippen LogP contribution < -0.4 is 15.5 Å². The first-order chi connectivity index (χ1) is 15.2. The molecule has 0 bridgehead atoms. The van der Waals surface area contributed by atoms with E-state index in [1.807, 2.05) is 30.5 Å². The molecule has 164 valence electrons. The third-order valence-corrected chi connectivity index (χ3v) is 5.67. The molecule has 2 aromatic carbocycles. The molecular weight excluding hydrogens is 422 g/mol. The number of halogens is 1. The Morgan fingerprint density at radius 2 is 1.75 bits per heavy atom. The number of amides is 1. The summed E-state index contributed by atoms with van der Waals surface area (Å²) in [5, 5.41) is 6.23. The molecule has 5 rings (SSSR count). The molecule has 1 saturated heterocycles. The number of rotatable bonds is 4. The molecule has 1 aliphatic rings. The zero-order valence-electron chi connectivity index (χ0n) is 17.9. The van der Waals surface area contributed by atoms with E-state index in [1.165, 1.54) is 18.2 Å². The molecule has 0 atom stereocenters. The molecule has 3 heterocycles. The van der Waals surface area contributed by atoms with E-state index < -0.39 is 0 Å². The van der Waals surface area contributed by atoms with Gasteiger partial charge in [0, 0.05) is 56.2 Å². The Hall–Kier alpha value is -3.35. The van der Waals surface area contributed by atoms with Crippen LogP contribution in [0.3, 0.4) is 0 Å². The molecule has 2 N–H and O–H groups in total. The van der Waals surface area contributed by atoms with E-state index in [9.17, 15) is 4.79 Å². The maximum absolute atomic E-state index is 11.4. The molecule has 1 aliphatic heterocycles. The second-order valence-corrected chi connectivity index (χ2v) is 7.83. The zero-order chi connectivity index (χ0) is 21.2. The van der Waals surface area contributed by atoms with Gasteiger partial charge in [-0.3, -0.25) is 9.20 Å². The van der Waals surface area contributed by atoms with Gasteiger partial charge >= 0.3 is 0 Å². The Labute approximate surface area is 193 Å². The number of fused-ring (bicyclic) bond motifs is 1. The number of hydrogen-bond donors (Lipinski definition) is 2. The van der Waals surface area contributed by atoms with Crippen molar-refractivity contribution in [2.75, 3.05) is 36.4 Å². The minimum Gasteiger partial charge on any atom is -0.369 e. The molecule has 1 fully saturated rings. The minimum atomic E-state index is -0.0806. The number of pyridine rings is 1. The summed E-state index contributed by atoms with van der Waals surface area (Å²) in [4.78, 5) is 18.4. The lowest BCUT2D eigenvalue weighted by Crippen LogP contribution is -2.43. The average Bonchev–Trinajstić information content (AvgIpc) is 3.23. The van der Waals surface area contributed by atoms with E-state index in [2.05, 4.69) is 67.5 Å². The normalized spacial score (nSPS) is 13.6. The van der Waals surface area contributed by atoms with E-state index in [0.29, 0.717) is 0 Å². The highest BCUT2D eigenvalue weighted by atomic mass is 35.5. The largest absolute Gasteiger partial charge is 0.369 e. The molecule has 0 spiro atoms. The number of piperazine rings is 1. The quantitative estimate of drug-likeness (QED) is 0.485. The highest BCUT2D eigenvalue weighted by Gasteiger charge is 2.11. The van der Waals surface area contributed by atoms with Crippen LogP contribution in [0.5, 0.6) is 0 Å². The third kappa shape index (κ3) is 4.47. The standard InChI is InChI=1S/C25H25N5O.ClH/c1-18(31)28-22-4-2-3-21(15-22)24-17-27-25-16-20(9-12-30(24)25)19-5-7-23(8-6-19)29-13-10-26-11-14-29;/h2-9,12,15-17,26H,10-11,13-14H2,1H3,(H,28,31);1H. The molecule has 0 aliphatic carbocycles. The van der Waals surface area contributed by atoms with Crippen molar-refractivity contribution in [3.63, 3.8) is 0 Å². The predicted molar refractivity (Wildman–Crippen MR) is 133 cm³/mol. The van der Waals surface area contributed by atoms with Gasteiger partial charge in [-0.25, -0.2) is 4.98 Å². The van der Waals surface area contributed by atoms with Crippen molar-refractivity contribution in [3.05, 3.63) is 73.1 Å². The van der Waals surface area contributed by atoms with E-state index >= 15 is 0 Å². The van der Waals surface area contributed by atoms with Gasteiger partial charge in [0.2, 0.25) is 5.91 Å². The number of aromatic nitrogens is 2. The summed E-state index contributed by atoms with van der Waals surface area (Å²) in [5.74, 6) is -0.0806. The first-order valence-electron chi connectivity index (χ1n) is 10.6. The lowest BCUT2D eigenvalue weighted by molar-refractivity contribution is -0.114. The van der Waals surface area contributed by atoms with E-state index in [-0.39, 0.29) is 18.3 Å². The number of carbonyl (C=O) groups excluding carboxylic acids is 1. The maximum Gasteiger partial charge on any atom is 0.221 e. The number of nitrogens with zero attached hydrogens (tertiary/aromatic N) is 3. The first-order valence-corrected chi connectivity index (χ1v) is 10.6. The summed E-state index contributed by atoms with van der Waals surface area (Å²) in [6.45, 7) is 5.68. The van der Waals surface area contributed by atoms with Gasteiger partial charge in [-0.2, -0.15) is 0 Å². The van der Waals surface area contributed by atoms with Crippen LogP contribution in [-0.2, 0) is 4.79 Å². The van der Waals surface area contributed by atoms with Crippen LogP contribution in [0, 0.1) is 0 Å². The SMILES string of the molecule is CC(=O)Nc1cccc(-c2cnc3cc(-c4ccc(N5CCNCC5)cc4)ccn23)c1.Cl. The molecule has 7 heteroatoms. The van der Waals surface area contributed by atoms with Crippen molar-refractivity contribution >= 4 is 35.3 Å². The van der Waals surface area contributed by atoms with Crippen molar-refractivity contribution in [3.8, 4) is 22.4 Å². The van der Waals surface area contributed by atoms with Crippen LogP contribution in [0.25, 0.3) is 28.0 Å². The fourth-order valence-corrected chi connectivity index (χ4v) is 4.12. The summed E-state index contributed by atoms with van der Waals surface area (Å²) >= 11 is 0. The molecule has 0 saturated carbocycles. The van der Waals surface area contributed by atoms with Gasteiger partial charge in [0.15, 0.2) is 0 Å². The molecule has 0 unspecified atom stereocenters. The van der Waals surface area contributed by atoms with Crippen molar-refractivity contribution in [1.82, 2.24) is 14.7 Å². The van der Waals surface area contributed by atoms with E-state index in [1.54, 1.807) is 0 Å². The van der Waals surface area contributed by atoms with Crippen LogP contribution >= 0.6 is 12.4 Å². The van der Waals surface area contributed by atoms with Gasteiger partial charge < -0.3 is 15.5 Å². The smallest absolute Gasteiger partial charge is 0.221 e. The van der Waals surface area contributed by atoms with Gasteiger partial charge in [-0.15, -0.1) is 12.4 Å². The Bertz CT molecular complexity index is 1230. The van der Waals surface area contributed by atoms with E-state index in [4.69, 9.17) is 0 Å². The number of benzene rings is 2. The number of hydrogen-bond acceptors (Lipinski definition) is 4. The van der Waals surface area contributed by atoms with Crippen LogP contribution in [0.4, 0.5) is 11.4 Å². The monoisotopic (exact) mass is 447 g/mol. The van der Waals surface area contributed by atoms with Crippen LogP contribution in [0.1, 0.15) is 6.92 Å². The maximum atomic E-state index is 11.4. The highest BCUT2D eigenvalue weighted by Crippen LogP contribution is 2.28. The first kappa shape index (κ1) is 21.9. The van der Waals surface area contributed by atoms with Gasteiger partial charge in [0.05, 0.1) is 11.9 Å². The second kappa shape index (κ2) is 9.42. The number of anilines is 2. The Balaban J connectivity index is 0.00000245. The van der Waals surface area contributed by atoms with Crippen LogP contribution in [0.15, 0.2) is 73.1 Å². The topological polar surface area (TPSA) is 61.7 Å². The number of carbonyl (C=O) groups is 1. The van der Waals surface area contributed by atoms with Crippen molar-refractivity contribution < 1.29 is 4.79 Å². The Morgan fingerprint density at radius 1 is 0.969 bits per heavy atom. The molecule has 0 radical (unpaired) electrons. The molecule has 6 nitrogen and oxygen atoms in total. The summed E-state index contributed by atoms with van der Waals surface area (Å²) in [6.07, 6.45) is 3.93. The van der Waals surface area contributed by atoms with Crippen molar-refractivity contribution in [1.29, 1.82) is 0 Å². The lowest BCUT2D eigenvalue weighted by atomic mass is 10.1. The molecule has 32 heavy (non-hydrogen) atoms. The van der Waals surface area contributed by atoms with Crippen molar-refractivity contribution in [2.45, 2.75) is 6.92 Å². The second-order valence-electron chi connectivity index (χ2n) is 7.83. The third-order valence-electron chi connectivity index (χ3n) is 5.67. The van der Waals surface area contributed by atoms with Crippen molar-refractivity contribution in [2.24, 2.45) is 0 Å².